The third-order valence-electron chi connectivity index (χ3n) is 6.16. The molecule has 5 heteroatoms. The molecular weight excluding hydrogens is 318 g/mol. The Bertz CT molecular complexity index is 840. The van der Waals surface area contributed by atoms with E-state index >= 15 is 0 Å². The lowest BCUT2D eigenvalue weighted by Crippen LogP contribution is -2.36. The fraction of sp³-hybridized carbons (Fsp3) is 0.550. The molecule has 2 atom stereocenters. The molecule has 4 rings (SSSR count). The second kappa shape index (κ2) is 5.85. The van der Waals surface area contributed by atoms with Crippen LogP contribution in [-0.4, -0.2) is 48.8 Å². The SMILES string of the molecule is Cc1cc(C)c2c(CC(=O)N3C[C@H]4COC[C@@]4(CO)C3)coc2c1C. The minimum absolute atomic E-state index is 0.0771. The van der Waals surface area contributed by atoms with Crippen LogP contribution >= 0.6 is 0 Å². The van der Waals surface area contributed by atoms with E-state index in [0.29, 0.717) is 32.7 Å². The number of benzene rings is 1. The normalized spacial score (nSPS) is 25.8. The van der Waals surface area contributed by atoms with Crippen LogP contribution in [0.2, 0.25) is 0 Å². The first kappa shape index (κ1) is 16.6. The standard InChI is InChI=1S/C20H25NO4/c1-12-4-13(2)18-15(7-25-19(18)14(12)3)5-17(23)21-6-16-8-24-11-20(16,9-21)10-22/h4,7,16,22H,5-6,8-11H2,1-3H3/t16-,20-/m0/s1. The monoisotopic (exact) mass is 343 g/mol. The van der Waals surface area contributed by atoms with Gasteiger partial charge in [0.2, 0.25) is 5.91 Å². The molecule has 1 aromatic carbocycles. The number of carbonyl (C=O) groups excluding carboxylic acids is 1. The lowest BCUT2D eigenvalue weighted by atomic mass is 9.82. The maximum atomic E-state index is 12.9. The maximum Gasteiger partial charge on any atom is 0.227 e. The van der Waals surface area contributed by atoms with E-state index in [9.17, 15) is 9.90 Å². The Labute approximate surface area is 147 Å². The fourth-order valence-corrected chi connectivity index (χ4v) is 4.44. The Morgan fingerprint density at radius 2 is 2.16 bits per heavy atom. The molecule has 3 heterocycles. The van der Waals surface area contributed by atoms with Gasteiger partial charge in [0.25, 0.3) is 0 Å². The van der Waals surface area contributed by atoms with Crippen molar-refractivity contribution in [2.45, 2.75) is 27.2 Å². The van der Waals surface area contributed by atoms with Gasteiger partial charge in [0.15, 0.2) is 0 Å². The lowest BCUT2D eigenvalue weighted by molar-refractivity contribution is -0.130. The molecule has 25 heavy (non-hydrogen) atoms. The van der Waals surface area contributed by atoms with Gasteiger partial charge < -0.3 is 19.2 Å². The summed E-state index contributed by atoms with van der Waals surface area (Å²) in [6.45, 7) is 8.71. The lowest BCUT2D eigenvalue weighted by Gasteiger charge is -2.24. The van der Waals surface area contributed by atoms with Crippen molar-refractivity contribution in [2.75, 3.05) is 32.9 Å². The van der Waals surface area contributed by atoms with Crippen LogP contribution in [0.5, 0.6) is 0 Å². The smallest absolute Gasteiger partial charge is 0.227 e. The Morgan fingerprint density at radius 1 is 1.36 bits per heavy atom. The highest BCUT2D eigenvalue weighted by Gasteiger charge is 2.51. The second-order valence-electron chi connectivity index (χ2n) is 7.78. The van der Waals surface area contributed by atoms with Crippen LogP contribution in [0, 0.1) is 32.1 Å². The topological polar surface area (TPSA) is 62.9 Å². The molecular formula is C20H25NO4. The molecule has 5 nitrogen and oxygen atoms in total. The largest absolute Gasteiger partial charge is 0.464 e. The summed E-state index contributed by atoms with van der Waals surface area (Å²) in [5, 5.41) is 10.9. The first-order valence-corrected chi connectivity index (χ1v) is 8.88. The number of fused-ring (bicyclic) bond motifs is 2. The van der Waals surface area contributed by atoms with Gasteiger partial charge in [-0.1, -0.05) is 6.07 Å². The first-order valence-electron chi connectivity index (χ1n) is 8.88. The Kier molecular flexibility index (Phi) is 3.89. The van der Waals surface area contributed by atoms with Gasteiger partial charge >= 0.3 is 0 Å². The minimum atomic E-state index is -0.266. The average Bonchev–Trinajstić information content (AvgIpc) is 3.24. The van der Waals surface area contributed by atoms with E-state index in [2.05, 4.69) is 26.8 Å². The number of nitrogens with zero attached hydrogens (tertiary/aromatic N) is 1. The predicted octanol–water partition coefficient (Wildman–Crippen LogP) is 2.37. The molecule has 0 aliphatic carbocycles. The summed E-state index contributed by atoms with van der Waals surface area (Å²) in [6, 6.07) is 2.15. The molecule has 0 saturated carbocycles. The number of amides is 1. The van der Waals surface area contributed by atoms with Gasteiger partial charge in [0.05, 0.1) is 32.5 Å². The quantitative estimate of drug-likeness (QED) is 0.929. The van der Waals surface area contributed by atoms with Crippen molar-refractivity contribution >= 4 is 16.9 Å². The van der Waals surface area contributed by atoms with Crippen molar-refractivity contribution in [1.29, 1.82) is 0 Å². The van der Waals surface area contributed by atoms with E-state index in [-0.39, 0.29) is 23.8 Å². The molecule has 1 amide bonds. The van der Waals surface area contributed by atoms with E-state index in [1.54, 1.807) is 6.26 Å². The van der Waals surface area contributed by atoms with Crippen molar-refractivity contribution in [3.8, 4) is 0 Å². The summed E-state index contributed by atoms with van der Waals surface area (Å²) >= 11 is 0. The van der Waals surface area contributed by atoms with Gasteiger partial charge in [0.1, 0.15) is 5.58 Å². The van der Waals surface area contributed by atoms with Crippen LogP contribution in [0.4, 0.5) is 0 Å². The first-order chi connectivity index (χ1) is 11.9. The van der Waals surface area contributed by atoms with Crippen LogP contribution in [-0.2, 0) is 16.0 Å². The third-order valence-corrected chi connectivity index (χ3v) is 6.16. The zero-order valence-electron chi connectivity index (χ0n) is 15.1. The molecule has 2 aliphatic heterocycles. The van der Waals surface area contributed by atoms with Crippen LogP contribution in [0.3, 0.4) is 0 Å². The Morgan fingerprint density at radius 3 is 2.88 bits per heavy atom. The summed E-state index contributed by atoms with van der Waals surface area (Å²) in [5.74, 6) is 0.344. The van der Waals surface area contributed by atoms with Crippen molar-refractivity contribution in [1.82, 2.24) is 4.90 Å². The van der Waals surface area contributed by atoms with Crippen molar-refractivity contribution in [3.63, 3.8) is 0 Å². The number of likely N-dealkylation sites (tertiary alicyclic amines) is 1. The number of furan rings is 1. The molecule has 0 bridgehead atoms. The number of hydrogen-bond acceptors (Lipinski definition) is 4. The Balaban J connectivity index is 1.58. The van der Waals surface area contributed by atoms with Crippen molar-refractivity contribution < 1.29 is 19.1 Å². The summed E-state index contributed by atoms with van der Waals surface area (Å²) < 4.78 is 11.3. The van der Waals surface area contributed by atoms with E-state index in [4.69, 9.17) is 9.15 Å². The summed E-state index contributed by atoms with van der Waals surface area (Å²) in [5.41, 5.74) is 5.05. The van der Waals surface area contributed by atoms with Gasteiger partial charge in [-0.05, 0) is 37.5 Å². The predicted molar refractivity (Wildman–Crippen MR) is 94.5 cm³/mol. The summed E-state index contributed by atoms with van der Waals surface area (Å²) in [7, 11) is 0. The molecule has 0 unspecified atom stereocenters. The number of rotatable bonds is 3. The maximum absolute atomic E-state index is 12.9. The van der Waals surface area contributed by atoms with Crippen LogP contribution < -0.4 is 0 Å². The molecule has 2 fully saturated rings. The van der Waals surface area contributed by atoms with Gasteiger partial charge in [-0.25, -0.2) is 0 Å². The van der Waals surface area contributed by atoms with E-state index in [1.807, 2.05) is 4.90 Å². The molecule has 1 aromatic heterocycles. The highest BCUT2D eigenvalue weighted by Crippen LogP contribution is 2.41. The Hall–Kier alpha value is -1.85. The van der Waals surface area contributed by atoms with Crippen LogP contribution in [0.15, 0.2) is 16.7 Å². The van der Waals surface area contributed by atoms with Crippen molar-refractivity contribution in [3.05, 3.63) is 34.6 Å². The summed E-state index contributed by atoms with van der Waals surface area (Å²) in [6.07, 6.45) is 2.06. The molecule has 0 spiro atoms. The molecule has 2 saturated heterocycles. The van der Waals surface area contributed by atoms with Gasteiger partial charge in [-0.2, -0.15) is 0 Å². The molecule has 1 N–H and O–H groups in total. The third kappa shape index (κ3) is 2.49. The van der Waals surface area contributed by atoms with E-state index in [1.165, 1.54) is 5.56 Å². The zero-order valence-corrected chi connectivity index (χ0v) is 15.1. The second-order valence-corrected chi connectivity index (χ2v) is 7.78. The highest BCUT2D eigenvalue weighted by atomic mass is 16.5. The summed E-state index contributed by atoms with van der Waals surface area (Å²) in [4.78, 5) is 14.8. The molecule has 134 valence electrons. The van der Waals surface area contributed by atoms with E-state index < -0.39 is 0 Å². The van der Waals surface area contributed by atoms with Crippen molar-refractivity contribution in [2.24, 2.45) is 11.3 Å². The molecule has 2 aliphatic rings. The van der Waals surface area contributed by atoms with E-state index in [0.717, 1.165) is 27.7 Å². The fourth-order valence-electron chi connectivity index (χ4n) is 4.44. The van der Waals surface area contributed by atoms with Crippen LogP contribution in [0.1, 0.15) is 22.3 Å². The molecule has 0 radical (unpaired) electrons. The van der Waals surface area contributed by atoms with Gasteiger partial charge in [-0.15, -0.1) is 0 Å². The van der Waals surface area contributed by atoms with Gasteiger partial charge in [-0.3, -0.25) is 4.79 Å². The highest BCUT2D eigenvalue weighted by molar-refractivity contribution is 5.92. The average molecular weight is 343 g/mol. The number of carbonyl (C=O) groups is 1. The van der Waals surface area contributed by atoms with Crippen LogP contribution in [0.25, 0.3) is 11.0 Å². The number of hydrogen-bond donors (Lipinski definition) is 1. The number of aliphatic hydroxyl groups is 1. The minimum Gasteiger partial charge on any atom is -0.464 e. The zero-order chi connectivity index (χ0) is 17.8. The number of aryl methyl sites for hydroxylation is 3. The molecule has 2 aromatic rings. The van der Waals surface area contributed by atoms with Gasteiger partial charge in [0, 0.05) is 35.4 Å². The number of ether oxygens (including phenoxy) is 1. The number of aliphatic hydroxyl groups excluding tert-OH is 1.